The van der Waals surface area contributed by atoms with Crippen LogP contribution in [0.15, 0.2) is 12.2 Å². The lowest BCUT2D eigenvalue weighted by Gasteiger charge is -2.39. The monoisotopic (exact) mass is 186 g/mol. The predicted molar refractivity (Wildman–Crippen MR) is 50.3 cm³/mol. The smallest absolute Gasteiger partial charge is 0.162 e. The molecule has 76 valence electrons. The van der Waals surface area contributed by atoms with Crippen LogP contribution in [0.4, 0.5) is 0 Å². The second kappa shape index (κ2) is 3.78. The molecule has 0 amide bonds. The van der Waals surface area contributed by atoms with Crippen LogP contribution in [-0.2, 0) is 9.47 Å². The summed E-state index contributed by atoms with van der Waals surface area (Å²) in [5, 5.41) is 8.65. The largest absolute Gasteiger partial charge is 0.392 e. The van der Waals surface area contributed by atoms with Gasteiger partial charge in [0.2, 0.25) is 0 Å². The van der Waals surface area contributed by atoms with Crippen molar-refractivity contribution in [3.05, 3.63) is 12.2 Å². The number of hydrogen-bond donors (Lipinski definition) is 1. The molecule has 1 rings (SSSR count). The minimum Gasteiger partial charge on any atom is -0.392 e. The first-order valence-electron chi connectivity index (χ1n) is 4.54. The van der Waals surface area contributed by atoms with Crippen LogP contribution in [0.3, 0.4) is 0 Å². The highest BCUT2D eigenvalue weighted by Crippen LogP contribution is 2.30. The van der Waals surface area contributed by atoms with Crippen LogP contribution in [0, 0.1) is 5.41 Å². The Bertz CT molecular complexity index is 186. The fraction of sp³-hybridized carbons (Fsp3) is 0.800. The second-order valence-electron chi connectivity index (χ2n) is 4.22. The summed E-state index contributed by atoms with van der Waals surface area (Å²) >= 11 is 0. The Morgan fingerprint density at radius 2 is 1.77 bits per heavy atom. The van der Waals surface area contributed by atoms with E-state index in [4.69, 9.17) is 14.6 Å². The van der Waals surface area contributed by atoms with Gasteiger partial charge in [-0.3, -0.25) is 0 Å². The second-order valence-corrected chi connectivity index (χ2v) is 4.22. The predicted octanol–water partition coefficient (Wildman–Crippen LogP) is 1.32. The van der Waals surface area contributed by atoms with Crippen LogP contribution >= 0.6 is 0 Å². The maximum absolute atomic E-state index is 8.65. The van der Waals surface area contributed by atoms with E-state index in [2.05, 4.69) is 6.92 Å². The van der Waals surface area contributed by atoms with E-state index in [1.807, 2.05) is 19.9 Å². The van der Waals surface area contributed by atoms with Gasteiger partial charge in [0.05, 0.1) is 19.8 Å². The molecule has 0 atom stereocenters. The van der Waals surface area contributed by atoms with E-state index < -0.39 is 5.79 Å². The third-order valence-corrected chi connectivity index (χ3v) is 2.12. The average molecular weight is 186 g/mol. The van der Waals surface area contributed by atoms with Gasteiger partial charge in [0.25, 0.3) is 0 Å². The first-order valence-corrected chi connectivity index (χ1v) is 4.54. The average Bonchev–Trinajstić information content (AvgIpc) is 2.08. The summed E-state index contributed by atoms with van der Waals surface area (Å²) in [4.78, 5) is 0. The molecule has 0 spiro atoms. The van der Waals surface area contributed by atoms with Gasteiger partial charge in [0.15, 0.2) is 5.79 Å². The van der Waals surface area contributed by atoms with Gasteiger partial charge in [-0.05, 0) is 13.8 Å². The lowest BCUT2D eigenvalue weighted by atomic mass is 9.91. The van der Waals surface area contributed by atoms with Crippen molar-refractivity contribution in [2.24, 2.45) is 5.41 Å². The summed E-state index contributed by atoms with van der Waals surface area (Å²) < 4.78 is 11.0. The van der Waals surface area contributed by atoms with Crippen molar-refractivity contribution < 1.29 is 14.6 Å². The quantitative estimate of drug-likeness (QED) is 0.661. The summed E-state index contributed by atoms with van der Waals surface area (Å²) in [5.74, 6) is -0.466. The molecule has 0 unspecified atom stereocenters. The number of aliphatic hydroxyl groups is 1. The van der Waals surface area contributed by atoms with Crippen molar-refractivity contribution in [3.8, 4) is 0 Å². The molecule has 13 heavy (non-hydrogen) atoms. The minimum atomic E-state index is -0.466. The van der Waals surface area contributed by atoms with Gasteiger partial charge in [0, 0.05) is 5.41 Å². The van der Waals surface area contributed by atoms with E-state index in [0.717, 1.165) is 0 Å². The molecule has 0 bridgehead atoms. The van der Waals surface area contributed by atoms with Gasteiger partial charge in [-0.2, -0.15) is 0 Å². The zero-order valence-electron chi connectivity index (χ0n) is 8.54. The molecule has 0 aliphatic carbocycles. The third kappa shape index (κ3) is 3.10. The summed E-state index contributed by atoms with van der Waals surface area (Å²) in [5.41, 5.74) is -0.0990. The van der Waals surface area contributed by atoms with Crippen molar-refractivity contribution >= 4 is 0 Å². The third-order valence-electron chi connectivity index (χ3n) is 2.12. The molecule has 1 fully saturated rings. The van der Waals surface area contributed by atoms with Gasteiger partial charge in [-0.25, -0.2) is 0 Å². The number of rotatable bonds is 2. The molecule has 1 aliphatic heterocycles. The highest BCUT2D eigenvalue weighted by Gasteiger charge is 2.34. The Kier molecular flexibility index (Phi) is 3.11. The molecular weight excluding hydrogens is 168 g/mol. The lowest BCUT2D eigenvalue weighted by molar-refractivity contribution is -0.273. The Balaban J connectivity index is 2.51. The number of aliphatic hydroxyl groups excluding tert-OH is 1. The molecule has 1 heterocycles. The highest BCUT2D eigenvalue weighted by molar-refractivity contribution is 4.99. The molecule has 0 radical (unpaired) electrons. The molecule has 3 heteroatoms. The van der Waals surface area contributed by atoms with E-state index in [1.165, 1.54) is 0 Å². The standard InChI is InChI=1S/C10H18O3/c1-9(2)12-7-10(3,8-13-9)5-4-6-11/h4-5,11H,6-8H2,1-3H3/b5-4+. The fourth-order valence-corrected chi connectivity index (χ4v) is 1.19. The van der Waals surface area contributed by atoms with Crippen molar-refractivity contribution in [2.45, 2.75) is 26.6 Å². The zero-order valence-corrected chi connectivity index (χ0v) is 8.54. The topological polar surface area (TPSA) is 38.7 Å². The van der Waals surface area contributed by atoms with Gasteiger partial charge >= 0.3 is 0 Å². The molecule has 1 saturated heterocycles. The van der Waals surface area contributed by atoms with E-state index >= 15 is 0 Å². The van der Waals surface area contributed by atoms with Crippen molar-refractivity contribution in [1.29, 1.82) is 0 Å². The van der Waals surface area contributed by atoms with E-state index in [-0.39, 0.29) is 12.0 Å². The Morgan fingerprint density at radius 1 is 1.23 bits per heavy atom. The van der Waals surface area contributed by atoms with Crippen molar-refractivity contribution in [2.75, 3.05) is 19.8 Å². The summed E-state index contributed by atoms with van der Waals surface area (Å²) in [6, 6.07) is 0. The van der Waals surface area contributed by atoms with Gasteiger partial charge in [-0.1, -0.05) is 19.1 Å². The molecular formula is C10H18O3. The van der Waals surface area contributed by atoms with Gasteiger partial charge in [-0.15, -0.1) is 0 Å². The molecule has 0 saturated carbocycles. The summed E-state index contributed by atoms with van der Waals surface area (Å²) in [6.07, 6.45) is 3.67. The normalized spacial score (nSPS) is 26.5. The summed E-state index contributed by atoms with van der Waals surface area (Å²) in [6.45, 7) is 7.20. The maximum atomic E-state index is 8.65. The Labute approximate surface area is 79.3 Å². The lowest BCUT2D eigenvalue weighted by Crippen LogP contribution is -2.44. The maximum Gasteiger partial charge on any atom is 0.162 e. The molecule has 0 aromatic rings. The Morgan fingerprint density at radius 3 is 2.23 bits per heavy atom. The van der Waals surface area contributed by atoms with Crippen LogP contribution < -0.4 is 0 Å². The first-order chi connectivity index (χ1) is 5.97. The van der Waals surface area contributed by atoms with E-state index in [1.54, 1.807) is 6.08 Å². The zero-order chi connectivity index (χ0) is 9.95. The number of ether oxygens (including phenoxy) is 2. The molecule has 3 nitrogen and oxygen atoms in total. The molecule has 1 aliphatic rings. The van der Waals surface area contributed by atoms with Crippen LogP contribution in [0.1, 0.15) is 20.8 Å². The highest BCUT2D eigenvalue weighted by atomic mass is 16.7. The molecule has 0 aromatic heterocycles. The first kappa shape index (κ1) is 10.7. The molecule has 1 N–H and O–H groups in total. The number of hydrogen-bond acceptors (Lipinski definition) is 3. The minimum absolute atomic E-state index is 0.0684. The van der Waals surface area contributed by atoms with Gasteiger partial charge < -0.3 is 14.6 Å². The molecule has 0 aromatic carbocycles. The van der Waals surface area contributed by atoms with Crippen molar-refractivity contribution in [1.82, 2.24) is 0 Å². The van der Waals surface area contributed by atoms with Crippen LogP contribution in [-0.4, -0.2) is 30.7 Å². The van der Waals surface area contributed by atoms with Gasteiger partial charge in [0.1, 0.15) is 0 Å². The Hall–Kier alpha value is -0.380. The van der Waals surface area contributed by atoms with E-state index in [9.17, 15) is 0 Å². The van der Waals surface area contributed by atoms with Crippen LogP contribution in [0.2, 0.25) is 0 Å². The summed E-state index contributed by atoms with van der Waals surface area (Å²) in [7, 11) is 0. The van der Waals surface area contributed by atoms with Crippen LogP contribution in [0.5, 0.6) is 0 Å². The van der Waals surface area contributed by atoms with Crippen LogP contribution in [0.25, 0.3) is 0 Å². The van der Waals surface area contributed by atoms with E-state index in [0.29, 0.717) is 13.2 Å². The fourth-order valence-electron chi connectivity index (χ4n) is 1.19. The van der Waals surface area contributed by atoms with Crippen molar-refractivity contribution in [3.63, 3.8) is 0 Å². The SMILES string of the molecule is CC1(/C=C/CO)COC(C)(C)OC1.